The smallest absolute Gasteiger partial charge is 0.242 e. The number of halogens is 3. The molecule has 1 atom stereocenters. The second-order valence-corrected chi connectivity index (χ2v) is 4.98. The Morgan fingerprint density at radius 3 is 2.56 bits per heavy atom. The van der Waals surface area contributed by atoms with Gasteiger partial charge in [0.25, 0.3) is 0 Å². The number of amides is 1. The van der Waals surface area contributed by atoms with E-state index in [2.05, 4.69) is 5.32 Å². The molecule has 100 valence electrons. The van der Waals surface area contributed by atoms with Crippen LogP contribution in [0, 0.1) is 5.82 Å². The second kappa shape index (κ2) is 5.87. The third-order valence-corrected chi connectivity index (χ3v) is 3.37. The first-order valence-corrected chi connectivity index (χ1v) is 6.28. The van der Waals surface area contributed by atoms with E-state index in [-0.39, 0.29) is 15.6 Å². The lowest BCUT2D eigenvalue weighted by Gasteiger charge is -2.29. The highest BCUT2D eigenvalue weighted by atomic mass is 35.5. The van der Waals surface area contributed by atoms with Gasteiger partial charge in [-0.05, 0) is 32.0 Å². The van der Waals surface area contributed by atoms with E-state index in [9.17, 15) is 9.18 Å². The fourth-order valence-corrected chi connectivity index (χ4v) is 2.17. The van der Waals surface area contributed by atoms with Crippen molar-refractivity contribution in [2.24, 2.45) is 5.73 Å². The van der Waals surface area contributed by atoms with Crippen LogP contribution in [0.4, 0.5) is 4.39 Å². The largest absolute Gasteiger partial charge is 0.368 e. The molecule has 1 unspecified atom stereocenters. The van der Waals surface area contributed by atoms with E-state index in [1.165, 1.54) is 6.07 Å². The third-order valence-electron chi connectivity index (χ3n) is 2.77. The average Bonchev–Trinajstić information content (AvgIpc) is 2.30. The summed E-state index contributed by atoms with van der Waals surface area (Å²) < 4.78 is 13.5. The number of benzene rings is 1. The Bertz CT molecular complexity index is 468. The molecule has 6 heteroatoms. The van der Waals surface area contributed by atoms with E-state index < -0.39 is 17.3 Å². The van der Waals surface area contributed by atoms with E-state index in [0.29, 0.717) is 6.54 Å². The summed E-state index contributed by atoms with van der Waals surface area (Å²) in [6, 6.07) is 2.40. The minimum absolute atomic E-state index is 0.0916. The number of hydrogen-bond donors (Lipinski definition) is 2. The third kappa shape index (κ3) is 2.94. The van der Waals surface area contributed by atoms with Gasteiger partial charge in [0.05, 0.1) is 5.02 Å². The van der Waals surface area contributed by atoms with Gasteiger partial charge in [0.2, 0.25) is 5.91 Å². The maximum absolute atomic E-state index is 13.5. The molecule has 0 bridgehead atoms. The Morgan fingerprint density at radius 1 is 1.44 bits per heavy atom. The summed E-state index contributed by atoms with van der Waals surface area (Å²) in [6.07, 6.45) is 0.802. The first-order chi connectivity index (χ1) is 8.32. The number of carbonyl (C=O) groups is 1. The summed E-state index contributed by atoms with van der Waals surface area (Å²) in [5.41, 5.74) is 4.45. The van der Waals surface area contributed by atoms with Crippen LogP contribution in [-0.2, 0) is 10.3 Å². The van der Waals surface area contributed by atoms with Crippen molar-refractivity contribution in [2.45, 2.75) is 25.8 Å². The van der Waals surface area contributed by atoms with Crippen LogP contribution in [0.3, 0.4) is 0 Å². The lowest BCUT2D eigenvalue weighted by Crippen LogP contribution is -2.50. The van der Waals surface area contributed by atoms with Crippen LogP contribution in [0.1, 0.15) is 25.8 Å². The molecule has 0 fully saturated rings. The number of carbonyl (C=O) groups excluding carboxylic acids is 1. The van der Waals surface area contributed by atoms with Crippen molar-refractivity contribution in [1.82, 2.24) is 5.32 Å². The zero-order valence-corrected chi connectivity index (χ0v) is 11.7. The number of primary amides is 1. The van der Waals surface area contributed by atoms with Crippen LogP contribution < -0.4 is 11.1 Å². The molecule has 0 aliphatic carbocycles. The van der Waals surface area contributed by atoms with Crippen LogP contribution in [0.15, 0.2) is 12.1 Å². The van der Waals surface area contributed by atoms with Crippen LogP contribution >= 0.6 is 23.2 Å². The fourth-order valence-electron chi connectivity index (χ4n) is 1.60. The van der Waals surface area contributed by atoms with E-state index >= 15 is 0 Å². The Kier molecular flexibility index (Phi) is 4.96. The van der Waals surface area contributed by atoms with Crippen molar-refractivity contribution in [3.63, 3.8) is 0 Å². The molecule has 3 nitrogen and oxygen atoms in total. The Balaban J connectivity index is 3.29. The number of rotatable bonds is 5. The average molecular weight is 293 g/mol. The number of hydrogen-bond acceptors (Lipinski definition) is 2. The molecule has 1 amide bonds. The molecule has 0 aliphatic rings. The summed E-state index contributed by atoms with van der Waals surface area (Å²) in [5.74, 6) is -1.26. The first-order valence-electron chi connectivity index (χ1n) is 5.53. The van der Waals surface area contributed by atoms with Gasteiger partial charge >= 0.3 is 0 Å². The van der Waals surface area contributed by atoms with Crippen molar-refractivity contribution in [2.75, 3.05) is 6.54 Å². The number of nitrogens with two attached hydrogens (primary N) is 1. The van der Waals surface area contributed by atoms with E-state index in [1.807, 2.05) is 6.92 Å². The van der Waals surface area contributed by atoms with Crippen LogP contribution in [-0.4, -0.2) is 12.5 Å². The molecule has 0 radical (unpaired) electrons. The summed E-state index contributed by atoms with van der Waals surface area (Å²) in [5, 5.41) is 3.09. The topological polar surface area (TPSA) is 55.1 Å². The quantitative estimate of drug-likeness (QED) is 0.820. The highest BCUT2D eigenvalue weighted by molar-refractivity contribution is 6.35. The van der Waals surface area contributed by atoms with E-state index in [0.717, 1.165) is 12.5 Å². The highest BCUT2D eigenvalue weighted by Crippen LogP contribution is 2.32. The van der Waals surface area contributed by atoms with Crippen molar-refractivity contribution in [1.29, 1.82) is 0 Å². The first kappa shape index (κ1) is 15.2. The maximum Gasteiger partial charge on any atom is 0.242 e. The molecule has 0 saturated heterocycles. The molecule has 0 heterocycles. The molecular formula is C12H15Cl2FN2O. The van der Waals surface area contributed by atoms with Crippen molar-refractivity contribution in [3.05, 3.63) is 33.6 Å². The van der Waals surface area contributed by atoms with Crippen LogP contribution in [0.2, 0.25) is 10.0 Å². The molecule has 0 aromatic heterocycles. The number of nitrogens with one attached hydrogen (secondary N) is 1. The zero-order chi connectivity index (χ0) is 13.9. The summed E-state index contributed by atoms with van der Waals surface area (Å²) in [7, 11) is 0. The molecule has 1 aromatic rings. The van der Waals surface area contributed by atoms with Crippen LogP contribution in [0.5, 0.6) is 0 Å². The molecule has 1 rings (SSSR count). The normalized spacial score (nSPS) is 14.3. The summed E-state index contributed by atoms with van der Waals surface area (Å²) in [4.78, 5) is 11.6. The molecule has 3 N–H and O–H groups in total. The monoisotopic (exact) mass is 292 g/mol. The standard InChI is InChI=1S/C12H15Cl2FN2O/c1-3-4-17-12(2,11(16)18)7-5-10(15)9(14)6-8(7)13/h5-6,17H,3-4H2,1-2H3,(H2,16,18). The Labute approximate surface area is 115 Å². The van der Waals surface area contributed by atoms with Crippen molar-refractivity contribution in [3.8, 4) is 0 Å². The lowest BCUT2D eigenvalue weighted by atomic mass is 9.90. The Hall–Kier alpha value is -0.840. The maximum atomic E-state index is 13.5. The SMILES string of the molecule is CCCNC(C)(C(N)=O)c1cc(F)c(Cl)cc1Cl. The molecule has 0 spiro atoms. The van der Waals surface area contributed by atoms with Gasteiger partial charge in [0.1, 0.15) is 11.4 Å². The van der Waals surface area contributed by atoms with Gasteiger partial charge in [-0.25, -0.2) is 4.39 Å². The van der Waals surface area contributed by atoms with E-state index in [1.54, 1.807) is 6.92 Å². The lowest BCUT2D eigenvalue weighted by molar-refractivity contribution is -0.124. The van der Waals surface area contributed by atoms with Gasteiger partial charge in [-0.2, -0.15) is 0 Å². The minimum atomic E-state index is -1.22. The van der Waals surface area contributed by atoms with Gasteiger partial charge in [-0.3, -0.25) is 10.1 Å². The van der Waals surface area contributed by atoms with Gasteiger partial charge in [-0.1, -0.05) is 30.1 Å². The second-order valence-electron chi connectivity index (χ2n) is 4.16. The van der Waals surface area contributed by atoms with Crippen molar-refractivity contribution >= 4 is 29.1 Å². The molecular weight excluding hydrogens is 278 g/mol. The predicted octanol–water partition coefficient (Wildman–Crippen LogP) is 2.83. The Morgan fingerprint density at radius 2 is 2.06 bits per heavy atom. The predicted molar refractivity (Wildman–Crippen MR) is 71.3 cm³/mol. The van der Waals surface area contributed by atoms with Crippen molar-refractivity contribution < 1.29 is 9.18 Å². The minimum Gasteiger partial charge on any atom is -0.368 e. The van der Waals surface area contributed by atoms with Crippen LogP contribution in [0.25, 0.3) is 0 Å². The molecule has 1 aromatic carbocycles. The molecule has 0 aliphatic heterocycles. The molecule has 18 heavy (non-hydrogen) atoms. The summed E-state index contributed by atoms with van der Waals surface area (Å²) in [6.45, 7) is 4.07. The van der Waals surface area contributed by atoms with Gasteiger partial charge in [0, 0.05) is 10.6 Å². The summed E-state index contributed by atoms with van der Waals surface area (Å²) >= 11 is 11.6. The van der Waals surface area contributed by atoms with Gasteiger partial charge in [0.15, 0.2) is 0 Å². The van der Waals surface area contributed by atoms with E-state index in [4.69, 9.17) is 28.9 Å². The van der Waals surface area contributed by atoms with Gasteiger partial charge < -0.3 is 5.73 Å². The highest BCUT2D eigenvalue weighted by Gasteiger charge is 2.35. The van der Waals surface area contributed by atoms with Gasteiger partial charge in [-0.15, -0.1) is 0 Å². The fraction of sp³-hybridized carbons (Fsp3) is 0.417. The zero-order valence-electron chi connectivity index (χ0n) is 10.2. The molecule has 0 saturated carbocycles.